The summed E-state index contributed by atoms with van der Waals surface area (Å²) >= 11 is 0. The predicted molar refractivity (Wildman–Crippen MR) is 52.3 cm³/mol. The van der Waals surface area contributed by atoms with Gasteiger partial charge in [-0.25, -0.2) is 0 Å². The Bertz CT molecular complexity index is 555. The van der Waals surface area contributed by atoms with E-state index < -0.39 is 47.0 Å². The zero-order chi connectivity index (χ0) is 12.7. The molecule has 3 fully saturated rings. The molecule has 1 saturated carbocycles. The Hall–Kier alpha value is -1.98. The van der Waals surface area contributed by atoms with Gasteiger partial charge >= 0.3 is 23.9 Å². The van der Waals surface area contributed by atoms with E-state index in [1.807, 2.05) is 0 Å². The van der Waals surface area contributed by atoms with Gasteiger partial charge in [0.2, 0.25) is 0 Å². The number of hydrogen-bond acceptors (Lipinski definition) is 6. The smallest absolute Gasteiger partial charge is 0.325 e. The number of rotatable bonds is 0. The van der Waals surface area contributed by atoms with Crippen molar-refractivity contribution >= 4 is 23.9 Å². The SMILES string of the molecule is O=C1OC(=O)C2C1C1C=CC23C(=O)OC(=O)C3C1. The summed E-state index contributed by atoms with van der Waals surface area (Å²) in [6, 6.07) is 0. The summed E-state index contributed by atoms with van der Waals surface area (Å²) in [5.74, 6) is -5.04. The van der Waals surface area contributed by atoms with Crippen molar-refractivity contribution in [2.24, 2.45) is 29.1 Å². The van der Waals surface area contributed by atoms with Crippen LogP contribution >= 0.6 is 0 Å². The number of hydrogen-bond donors (Lipinski definition) is 0. The van der Waals surface area contributed by atoms with Crippen LogP contribution in [0.1, 0.15) is 6.42 Å². The third-order valence-corrected chi connectivity index (χ3v) is 4.60. The Morgan fingerprint density at radius 3 is 2.61 bits per heavy atom. The molecule has 0 amide bonds. The van der Waals surface area contributed by atoms with E-state index in [1.165, 1.54) is 0 Å². The van der Waals surface area contributed by atoms with Crippen molar-refractivity contribution in [2.75, 3.05) is 0 Å². The molecule has 18 heavy (non-hydrogen) atoms. The van der Waals surface area contributed by atoms with Crippen LogP contribution in [-0.4, -0.2) is 23.9 Å². The van der Waals surface area contributed by atoms with Crippen LogP contribution in [0.15, 0.2) is 12.2 Å². The monoisotopic (exact) mass is 248 g/mol. The molecule has 2 saturated heterocycles. The highest BCUT2D eigenvalue weighted by molar-refractivity contribution is 6.08. The Morgan fingerprint density at radius 2 is 1.83 bits per heavy atom. The topological polar surface area (TPSA) is 86.7 Å². The fourth-order valence-corrected chi connectivity index (χ4v) is 3.84. The first-order valence-electron chi connectivity index (χ1n) is 5.76. The van der Waals surface area contributed by atoms with Gasteiger partial charge in [-0.2, -0.15) is 0 Å². The average Bonchev–Trinajstić information content (AvgIpc) is 2.79. The maximum absolute atomic E-state index is 12.0. The van der Waals surface area contributed by atoms with Crippen LogP contribution in [-0.2, 0) is 28.7 Å². The molecule has 92 valence electrons. The van der Waals surface area contributed by atoms with Gasteiger partial charge in [-0.3, -0.25) is 19.2 Å². The van der Waals surface area contributed by atoms with Crippen LogP contribution in [0.4, 0.5) is 0 Å². The number of ether oxygens (including phenoxy) is 2. The Balaban J connectivity index is 1.97. The first-order chi connectivity index (χ1) is 8.55. The maximum Gasteiger partial charge on any atom is 0.325 e. The zero-order valence-electron chi connectivity index (χ0n) is 9.12. The molecule has 1 spiro atoms. The maximum atomic E-state index is 12.0. The highest BCUT2D eigenvalue weighted by Gasteiger charge is 2.73. The van der Waals surface area contributed by atoms with E-state index in [-0.39, 0.29) is 5.92 Å². The standard InChI is InChI=1S/C12H8O6/c13-8-5-3-4-1-2-12(5,11(16)18-8)7-6(4)9(14)17-10(7)15/h1-2,4-7H,3H2. The fourth-order valence-electron chi connectivity index (χ4n) is 3.84. The summed E-state index contributed by atoms with van der Waals surface area (Å²) in [6.07, 6.45) is 3.67. The van der Waals surface area contributed by atoms with E-state index in [0.717, 1.165) is 0 Å². The highest BCUT2D eigenvalue weighted by atomic mass is 16.6. The minimum atomic E-state index is -1.31. The third-order valence-electron chi connectivity index (χ3n) is 4.60. The minimum Gasteiger partial charge on any atom is -0.393 e. The van der Waals surface area contributed by atoms with Gasteiger partial charge in [0.1, 0.15) is 5.41 Å². The molecular weight excluding hydrogens is 240 g/mol. The Kier molecular flexibility index (Phi) is 1.50. The lowest BCUT2D eigenvalue weighted by Crippen LogP contribution is -2.53. The van der Waals surface area contributed by atoms with E-state index in [0.29, 0.717) is 6.42 Å². The quantitative estimate of drug-likeness (QED) is 0.328. The van der Waals surface area contributed by atoms with Crippen molar-refractivity contribution in [3.05, 3.63) is 12.2 Å². The van der Waals surface area contributed by atoms with Crippen LogP contribution in [0.2, 0.25) is 0 Å². The molecule has 5 atom stereocenters. The number of allylic oxidation sites excluding steroid dienone is 1. The summed E-state index contributed by atoms with van der Waals surface area (Å²) in [5, 5.41) is 0. The normalized spacial score (nSPS) is 48.0. The van der Waals surface area contributed by atoms with Gasteiger partial charge in [0.05, 0.1) is 17.8 Å². The lowest BCUT2D eigenvalue weighted by molar-refractivity contribution is -0.160. The van der Waals surface area contributed by atoms with Crippen molar-refractivity contribution in [3.63, 3.8) is 0 Å². The molecule has 0 aromatic carbocycles. The van der Waals surface area contributed by atoms with E-state index >= 15 is 0 Å². The van der Waals surface area contributed by atoms with E-state index in [2.05, 4.69) is 9.47 Å². The van der Waals surface area contributed by atoms with Crippen LogP contribution in [0.25, 0.3) is 0 Å². The van der Waals surface area contributed by atoms with Crippen molar-refractivity contribution in [2.45, 2.75) is 6.42 Å². The number of esters is 4. The van der Waals surface area contributed by atoms with Gasteiger partial charge < -0.3 is 9.47 Å². The van der Waals surface area contributed by atoms with Gasteiger partial charge in [-0.15, -0.1) is 0 Å². The van der Waals surface area contributed by atoms with E-state index in [9.17, 15) is 19.2 Å². The van der Waals surface area contributed by atoms with Gasteiger partial charge in [0, 0.05) is 0 Å². The van der Waals surface area contributed by atoms with Gasteiger partial charge in [0.25, 0.3) is 0 Å². The summed E-state index contributed by atoms with van der Waals surface area (Å²) in [6.45, 7) is 0. The van der Waals surface area contributed by atoms with Crippen molar-refractivity contribution in [1.29, 1.82) is 0 Å². The molecule has 5 aliphatic rings. The summed E-state index contributed by atoms with van der Waals surface area (Å²) in [4.78, 5) is 47.1. The Morgan fingerprint density at radius 1 is 1.06 bits per heavy atom. The molecular formula is C12H8O6. The molecule has 3 aliphatic carbocycles. The second kappa shape index (κ2) is 2.71. The second-order valence-electron chi connectivity index (χ2n) is 5.20. The van der Waals surface area contributed by atoms with Crippen molar-refractivity contribution < 1.29 is 28.7 Å². The van der Waals surface area contributed by atoms with Gasteiger partial charge in [-0.05, 0) is 12.3 Å². The third kappa shape index (κ3) is 0.814. The molecule has 2 heterocycles. The summed E-state index contributed by atoms with van der Waals surface area (Å²) in [5.41, 5.74) is -1.31. The van der Waals surface area contributed by atoms with Crippen LogP contribution in [0.5, 0.6) is 0 Å². The van der Waals surface area contributed by atoms with Crippen LogP contribution in [0, 0.1) is 29.1 Å². The highest BCUT2D eigenvalue weighted by Crippen LogP contribution is 2.61. The average molecular weight is 248 g/mol. The number of cyclic esters (lactones) is 4. The summed E-state index contributed by atoms with van der Waals surface area (Å²) in [7, 11) is 0. The largest absolute Gasteiger partial charge is 0.393 e. The van der Waals surface area contributed by atoms with Gasteiger partial charge in [0.15, 0.2) is 0 Å². The van der Waals surface area contributed by atoms with Gasteiger partial charge in [-0.1, -0.05) is 12.2 Å². The number of carbonyl (C=O) groups excluding carboxylic acids is 4. The second-order valence-corrected chi connectivity index (χ2v) is 5.20. The lowest BCUT2D eigenvalue weighted by Gasteiger charge is -2.44. The molecule has 0 N–H and O–H groups in total. The molecule has 2 bridgehead atoms. The van der Waals surface area contributed by atoms with Crippen molar-refractivity contribution in [3.8, 4) is 0 Å². The van der Waals surface area contributed by atoms with E-state index in [1.54, 1.807) is 12.2 Å². The van der Waals surface area contributed by atoms with E-state index in [4.69, 9.17) is 0 Å². The molecule has 6 nitrogen and oxygen atoms in total. The molecule has 5 unspecified atom stereocenters. The fraction of sp³-hybridized carbons (Fsp3) is 0.500. The summed E-state index contributed by atoms with van der Waals surface area (Å²) < 4.78 is 9.31. The molecule has 0 radical (unpaired) electrons. The predicted octanol–water partition coefficient (Wildman–Crippen LogP) is -0.422. The molecule has 2 aliphatic heterocycles. The van der Waals surface area contributed by atoms with Crippen LogP contribution in [0.3, 0.4) is 0 Å². The minimum absolute atomic E-state index is 0.223. The zero-order valence-corrected chi connectivity index (χ0v) is 9.12. The first kappa shape index (κ1) is 9.99. The first-order valence-corrected chi connectivity index (χ1v) is 5.76. The number of carbonyl (C=O) groups is 4. The van der Waals surface area contributed by atoms with Crippen LogP contribution < -0.4 is 0 Å². The lowest BCUT2D eigenvalue weighted by atomic mass is 9.51. The molecule has 6 heteroatoms. The molecule has 0 aromatic rings. The van der Waals surface area contributed by atoms with Crippen molar-refractivity contribution in [1.82, 2.24) is 0 Å². The molecule has 0 aromatic heterocycles. The Labute approximate surface area is 101 Å². The molecule has 5 rings (SSSR count).